The molecular formula is C8H19N3. The number of hydrogen-bond donors (Lipinski definition) is 2. The summed E-state index contributed by atoms with van der Waals surface area (Å²) in [5.74, 6) is 1.19. The zero-order valence-corrected chi connectivity index (χ0v) is 7.72. The summed E-state index contributed by atoms with van der Waals surface area (Å²) in [5, 5.41) is 2.95. The van der Waals surface area contributed by atoms with Crippen molar-refractivity contribution < 1.29 is 0 Å². The van der Waals surface area contributed by atoms with E-state index in [0.717, 1.165) is 19.5 Å². The van der Waals surface area contributed by atoms with Crippen LogP contribution in [-0.2, 0) is 0 Å². The van der Waals surface area contributed by atoms with Crippen LogP contribution in [0, 0.1) is 5.92 Å². The van der Waals surface area contributed by atoms with E-state index in [9.17, 15) is 0 Å². The summed E-state index contributed by atoms with van der Waals surface area (Å²) >= 11 is 0. The van der Waals surface area contributed by atoms with E-state index in [1.807, 2.05) is 6.92 Å². The molecule has 0 aromatic rings. The van der Waals surface area contributed by atoms with Gasteiger partial charge >= 0.3 is 0 Å². The highest BCUT2D eigenvalue weighted by atomic mass is 15.1. The summed E-state index contributed by atoms with van der Waals surface area (Å²) < 4.78 is 0. The molecule has 0 fully saturated rings. The highest BCUT2D eigenvalue weighted by Gasteiger charge is 1.95. The van der Waals surface area contributed by atoms with Crippen LogP contribution in [0.15, 0.2) is 4.99 Å². The van der Waals surface area contributed by atoms with Gasteiger partial charge in [-0.2, -0.15) is 0 Å². The average Bonchev–Trinajstić information content (AvgIpc) is 2.01. The Kier molecular flexibility index (Phi) is 5.61. The number of hydrogen-bond acceptors (Lipinski definition) is 1. The minimum absolute atomic E-state index is 0.563. The van der Waals surface area contributed by atoms with Gasteiger partial charge in [-0.1, -0.05) is 20.3 Å². The Morgan fingerprint density at radius 1 is 1.55 bits per heavy atom. The molecule has 0 amide bonds. The van der Waals surface area contributed by atoms with Crippen molar-refractivity contribution in [2.24, 2.45) is 16.6 Å². The van der Waals surface area contributed by atoms with Crippen LogP contribution in [0.25, 0.3) is 0 Å². The molecule has 3 N–H and O–H groups in total. The smallest absolute Gasteiger partial charge is 0.188 e. The number of rotatable bonds is 4. The van der Waals surface area contributed by atoms with E-state index in [2.05, 4.69) is 24.2 Å². The number of nitrogens with one attached hydrogen (secondary N) is 1. The lowest BCUT2D eigenvalue weighted by atomic mass is 10.1. The molecule has 0 spiro atoms. The Labute approximate surface area is 69.1 Å². The Hall–Kier alpha value is -0.730. The Bertz CT molecular complexity index is 121. The monoisotopic (exact) mass is 157 g/mol. The average molecular weight is 157 g/mol. The van der Waals surface area contributed by atoms with Gasteiger partial charge in [-0.25, -0.2) is 0 Å². The zero-order chi connectivity index (χ0) is 8.69. The lowest BCUT2D eigenvalue weighted by Crippen LogP contribution is -2.31. The molecule has 1 atom stereocenters. The van der Waals surface area contributed by atoms with Gasteiger partial charge in [-0.15, -0.1) is 0 Å². The molecular weight excluding hydrogens is 138 g/mol. The summed E-state index contributed by atoms with van der Waals surface area (Å²) in [6.45, 7) is 8.00. The maximum Gasteiger partial charge on any atom is 0.188 e. The Balaban J connectivity index is 3.54. The van der Waals surface area contributed by atoms with Crippen molar-refractivity contribution in [2.45, 2.75) is 27.2 Å². The van der Waals surface area contributed by atoms with Crippen LogP contribution < -0.4 is 11.1 Å². The summed E-state index contributed by atoms with van der Waals surface area (Å²) in [5.41, 5.74) is 5.53. The van der Waals surface area contributed by atoms with Crippen LogP contribution in [0.5, 0.6) is 0 Å². The Morgan fingerprint density at radius 2 is 2.18 bits per heavy atom. The molecule has 1 unspecified atom stereocenters. The van der Waals surface area contributed by atoms with Crippen molar-refractivity contribution in [3.8, 4) is 0 Å². The number of aliphatic imine (C=N–C) groups is 1. The van der Waals surface area contributed by atoms with Crippen molar-refractivity contribution in [2.75, 3.05) is 13.1 Å². The van der Waals surface area contributed by atoms with Crippen LogP contribution >= 0.6 is 0 Å². The normalized spacial score (nSPS) is 14.6. The number of guanidine groups is 1. The third-order valence-corrected chi connectivity index (χ3v) is 1.63. The molecule has 0 bridgehead atoms. The predicted octanol–water partition coefficient (Wildman–Crippen LogP) is 0.957. The van der Waals surface area contributed by atoms with E-state index >= 15 is 0 Å². The van der Waals surface area contributed by atoms with Gasteiger partial charge in [0.25, 0.3) is 0 Å². The van der Waals surface area contributed by atoms with E-state index in [4.69, 9.17) is 5.73 Å². The summed E-state index contributed by atoms with van der Waals surface area (Å²) in [6.07, 6.45) is 1.16. The molecule has 0 aromatic heterocycles. The molecule has 0 aliphatic carbocycles. The maximum absolute atomic E-state index is 5.53. The highest BCUT2D eigenvalue weighted by molar-refractivity contribution is 5.77. The lowest BCUT2D eigenvalue weighted by Gasteiger charge is -2.05. The fourth-order valence-corrected chi connectivity index (χ4v) is 0.620. The summed E-state index contributed by atoms with van der Waals surface area (Å²) in [4.78, 5) is 4.17. The molecule has 3 nitrogen and oxygen atoms in total. The second kappa shape index (κ2) is 6.01. The molecule has 0 saturated heterocycles. The molecule has 3 heteroatoms. The van der Waals surface area contributed by atoms with Gasteiger partial charge in [0.05, 0.1) is 0 Å². The van der Waals surface area contributed by atoms with Crippen LogP contribution in [0.2, 0.25) is 0 Å². The first-order chi connectivity index (χ1) is 5.20. The van der Waals surface area contributed by atoms with Gasteiger partial charge in [0.1, 0.15) is 0 Å². The first kappa shape index (κ1) is 10.3. The van der Waals surface area contributed by atoms with E-state index in [1.54, 1.807) is 0 Å². The number of nitrogens with zero attached hydrogens (tertiary/aromatic N) is 1. The van der Waals surface area contributed by atoms with Crippen molar-refractivity contribution >= 4 is 5.96 Å². The van der Waals surface area contributed by atoms with Crippen molar-refractivity contribution in [3.05, 3.63) is 0 Å². The van der Waals surface area contributed by atoms with Crippen molar-refractivity contribution in [1.29, 1.82) is 0 Å². The fourth-order valence-electron chi connectivity index (χ4n) is 0.620. The second-order valence-electron chi connectivity index (χ2n) is 2.77. The van der Waals surface area contributed by atoms with Crippen LogP contribution in [0.4, 0.5) is 0 Å². The minimum Gasteiger partial charge on any atom is -0.370 e. The minimum atomic E-state index is 0.563. The van der Waals surface area contributed by atoms with E-state index in [0.29, 0.717) is 11.9 Å². The second-order valence-corrected chi connectivity index (χ2v) is 2.77. The molecule has 0 radical (unpaired) electrons. The van der Waals surface area contributed by atoms with Gasteiger partial charge in [-0.3, -0.25) is 4.99 Å². The van der Waals surface area contributed by atoms with Crippen molar-refractivity contribution in [1.82, 2.24) is 5.32 Å². The standard InChI is InChI=1S/C8H19N3/c1-4-7(3)6-11-8(9)10-5-2/h7H,4-6H2,1-3H3,(H3,9,10,11). The molecule has 0 saturated carbocycles. The van der Waals surface area contributed by atoms with Crippen LogP contribution in [0.1, 0.15) is 27.2 Å². The lowest BCUT2D eigenvalue weighted by molar-refractivity contribution is 0.575. The predicted molar refractivity (Wildman–Crippen MR) is 49.6 cm³/mol. The summed E-state index contributed by atoms with van der Waals surface area (Å²) in [7, 11) is 0. The SMILES string of the molecule is CCNC(N)=NCC(C)CC. The highest BCUT2D eigenvalue weighted by Crippen LogP contribution is 1.99. The molecule has 0 aliphatic heterocycles. The third-order valence-electron chi connectivity index (χ3n) is 1.63. The van der Waals surface area contributed by atoms with Gasteiger partial charge in [0, 0.05) is 13.1 Å². The topological polar surface area (TPSA) is 50.4 Å². The first-order valence-corrected chi connectivity index (χ1v) is 4.24. The number of nitrogens with two attached hydrogens (primary N) is 1. The molecule has 11 heavy (non-hydrogen) atoms. The first-order valence-electron chi connectivity index (χ1n) is 4.24. The van der Waals surface area contributed by atoms with Gasteiger partial charge in [-0.05, 0) is 12.8 Å². The van der Waals surface area contributed by atoms with Gasteiger partial charge in [0.15, 0.2) is 5.96 Å². The zero-order valence-electron chi connectivity index (χ0n) is 7.72. The quantitative estimate of drug-likeness (QED) is 0.471. The van der Waals surface area contributed by atoms with E-state index in [-0.39, 0.29) is 0 Å². The molecule has 66 valence electrons. The fraction of sp³-hybridized carbons (Fsp3) is 0.875. The van der Waals surface area contributed by atoms with Crippen molar-refractivity contribution in [3.63, 3.8) is 0 Å². The van der Waals surface area contributed by atoms with Gasteiger partial charge in [0.2, 0.25) is 0 Å². The molecule has 0 heterocycles. The molecule has 0 rings (SSSR count). The van der Waals surface area contributed by atoms with E-state index in [1.165, 1.54) is 0 Å². The largest absolute Gasteiger partial charge is 0.370 e. The van der Waals surface area contributed by atoms with Gasteiger partial charge < -0.3 is 11.1 Å². The molecule has 0 aliphatic rings. The maximum atomic E-state index is 5.53. The third kappa shape index (κ3) is 5.70. The summed E-state index contributed by atoms with van der Waals surface area (Å²) in [6, 6.07) is 0. The van der Waals surface area contributed by atoms with Crippen LogP contribution in [0.3, 0.4) is 0 Å². The Morgan fingerprint density at radius 3 is 2.64 bits per heavy atom. The molecule has 0 aromatic carbocycles. The van der Waals surface area contributed by atoms with Crippen LogP contribution in [-0.4, -0.2) is 19.0 Å². The van der Waals surface area contributed by atoms with E-state index < -0.39 is 0 Å².